The Labute approximate surface area is 136 Å². The van der Waals surface area contributed by atoms with E-state index in [0.717, 1.165) is 10.4 Å². The summed E-state index contributed by atoms with van der Waals surface area (Å²) in [6, 6.07) is 11.4. The van der Waals surface area contributed by atoms with Gasteiger partial charge < -0.3 is 5.32 Å². The van der Waals surface area contributed by atoms with Gasteiger partial charge in [0.2, 0.25) is 5.95 Å². The average Bonchev–Trinajstić information content (AvgIpc) is 3.02. The Kier molecular flexibility index (Phi) is 4.50. The average molecular weight is 333 g/mol. The lowest BCUT2D eigenvalue weighted by Crippen LogP contribution is -2.19. The molecule has 0 amide bonds. The van der Waals surface area contributed by atoms with Crippen LogP contribution in [0, 0.1) is 0 Å². The maximum absolute atomic E-state index is 12.0. The van der Waals surface area contributed by atoms with Gasteiger partial charge in [-0.25, -0.2) is 0 Å². The number of halogens is 1. The number of rotatable bonds is 5. The number of aromatic amines is 1. The van der Waals surface area contributed by atoms with E-state index in [1.807, 2.05) is 41.8 Å². The predicted octanol–water partition coefficient (Wildman–Crippen LogP) is 3.08. The molecule has 22 heavy (non-hydrogen) atoms. The summed E-state index contributed by atoms with van der Waals surface area (Å²) in [7, 11) is 0. The largest absolute Gasteiger partial charge is 0.350 e. The van der Waals surface area contributed by atoms with Crippen molar-refractivity contribution in [1.29, 1.82) is 0 Å². The minimum Gasteiger partial charge on any atom is -0.350 e. The fourth-order valence-electron chi connectivity index (χ4n) is 1.92. The molecular weight excluding hydrogens is 320 g/mol. The molecule has 0 bridgehead atoms. The molecule has 1 aromatic carbocycles. The van der Waals surface area contributed by atoms with Crippen molar-refractivity contribution in [2.45, 2.75) is 13.0 Å². The van der Waals surface area contributed by atoms with E-state index in [0.29, 0.717) is 29.6 Å². The molecule has 0 spiro atoms. The molecule has 3 rings (SSSR count). The molecule has 2 heterocycles. The summed E-state index contributed by atoms with van der Waals surface area (Å²) < 4.78 is 0. The second kappa shape index (κ2) is 6.72. The summed E-state index contributed by atoms with van der Waals surface area (Å²) in [6.07, 6.45) is 0.497. The SMILES string of the molecule is O=c1[nH]c(NCc2ccc(Cl)cc2)nnc1Cc1cccs1. The van der Waals surface area contributed by atoms with Gasteiger partial charge in [0.05, 0.1) is 0 Å². The van der Waals surface area contributed by atoms with Crippen LogP contribution < -0.4 is 10.9 Å². The zero-order chi connectivity index (χ0) is 15.4. The van der Waals surface area contributed by atoms with Gasteiger partial charge >= 0.3 is 0 Å². The zero-order valence-corrected chi connectivity index (χ0v) is 13.1. The first-order valence-electron chi connectivity index (χ1n) is 6.67. The van der Waals surface area contributed by atoms with E-state index in [1.54, 1.807) is 11.3 Å². The highest BCUT2D eigenvalue weighted by atomic mass is 35.5. The summed E-state index contributed by atoms with van der Waals surface area (Å²) >= 11 is 7.43. The van der Waals surface area contributed by atoms with Gasteiger partial charge in [-0.1, -0.05) is 29.8 Å². The van der Waals surface area contributed by atoms with Crippen LogP contribution in [0.15, 0.2) is 46.6 Å². The fraction of sp³-hybridized carbons (Fsp3) is 0.133. The molecule has 0 aliphatic carbocycles. The van der Waals surface area contributed by atoms with Gasteiger partial charge in [0, 0.05) is 22.9 Å². The van der Waals surface area contributed by atoms with Crippen LogP contribution in [-0.4, -0.2) is 15.2 Å². The summed E-state index contributed by atoms with van der Waals surface area (Å²) in [5.74, 6) is 0.356. The Bertz CT molecular complexity index is 799. The third-order valence-electron chi connectivity index (χ3n) is 3.06. The van der Waals surface area contributed by atoms with Gasteiger partial charge in [0.25, 0.3) is 5.56 Å². The van der Waals surface area contributed by atoms with Gasteiger partial charge in [-0.05, 0) is 29.1 Å². The summed E-state index contributed by atoms with van der Waals surface area (Å²) in [5, 5.41) is 13.7. The first kappa shape index (κ1) is 14.7. The molecule has 5 nitrogen and oxygen atoms in total. The van der Waals surface area contributed by atoms with Crippen LogP contribution in [0.2, 0.25) is 5.02 Å². The number of nitrogens with zero attached hydrogens (tertiary/aromatic N) is 2. The van der Waals surface area contributed by atoms with Gasteiger partial charge in [0.15, 0.2) is 0 Å². The summed E-state index contributed by atoms with van der Waals surface area (Å²) in [6.45, 7) is 0.534. The highest BCUT2D eigenvalue weighted by molar-refractivity contribution is 7.09. The molecule has 0 saturated carbocycles. The van der Waals surface area contributed by atoms with E-state index in [4.69, 9.17) is 11.6 Å². The van der Waals surface area contributed by atoms with Crippen molar-refractivity contribution in [1.82, 2.24) is 15.2 Å². The molecule has 0 saturated heterocycles. The lowest BCUT2D eigenvalue weighted by atomic mass is 10.2. The van der Waals surface area contributed by atoms with E-state index < -0.39 is 0 Å². The molecule has 7 heteroatoms. The number of thiophene rings is 1. The van der Waals surface area contributed by atoms with Gasteiger partial charge in [0.1, 0.15) is 5.69 Å². The Morgan fingerprint density at radius 3 is 2.68 bits per heavy atom. The number of hydrogen-bond acceptors (Lipinski definition) is 5. The highest BCUT2D eigenvalue weighted by Crippen LogP contribution is 2.12. The minimum atomic E-state index is -0.220. The molecule has 0 aliphatic rings. The van der Waals surface area contributed by atoms with Crippen molar-refractivity contribution < 1.29 is 0 Å². The molecule has 0 atom stereocenters. The normalized spacial score (nSPS) is 10.6. The lowest BCUT2D eigenvalue weighted by molar-refractivity contribution is 0.863. The molecule has 2 aromatic heterocycles. The number of hydrogen-bond donors (Lipinski definition) is 2. The molecule has 0 aliphatic heterocycles. The van der Waals surface area contributed by atoms with E-state index in [2.05, 4.69) is 20.5 Å². The Balaban J connectivity index is 1.66. The standard InChI is InChI=1S/C15H13ClN4OS/c16-11-5-3-10(4-6-11)9-17-15-18-14(21)13(19-20-15)8-12-2-1-7-22-12/h1-7H,8-9H2,(H2,17,18,20,21). The topological polar surface area (TPSA) is 70.7 Å². The van der Waals surface area contributed by atoms with Crippen LogP contribution in [-0.2, 0) is 13.0 Å². The first-order chi connectivity index (χ1) is 10.7. The fourth-order valence-corrected chi connectivity index (χ4v) is 2.76. The molecule has 0 fully saturated rings. The van der Waals surface area contributed by atoms with Crippen molar-refractivity contribution in [2.75, 3.05) is 5.32 Å². The number of anilines is 1. The van der Waals surface area contributed by atoms with Crippen molar-refractivity contribution in [3.63, 3.8) is 0 Å². The van der Waals surface area contributed by atoms with Crippen LogP contribution in [0.1, 0.15) is 16.1 Å². The first-order valence-corrected chi connectivity index (χ1v) is 7.93. The van der Waals surface area contributed by atoms with E-state index in [9.17, 15) is 4.79 Å². The van der Waals surface area contributed by atoms with Crippen LogP contribution >= 0.6 is 22.9 Å². The minimum absolute atomic E-state index is 0.220. The van der Waals surface area contributed by atoms with Crippen molar-refractivity contribution >= 4 is 28.9 Å². The van der Waals surface area contributed by atoms with Crippen molar-refractivity contribution in [3.8, 4) is 0 Å². The van der Waals surface area contributed by atoms with Crippen LogP contribution in [0.5, 0.6) is 0 Å². The van der Waals surface area contributed by atoms with Crippen LogP contribution in [0.3, 0.4) is 0 Å². The van der Waals surface area contributed by atoms with Gasteiger partial charge in [-0.15, -0.1) is 21.5 Å². The maximum Gasteiger partial charge on any atom is 0.274 e. The molecule has 3 aromatic rings. The van der Waals surface area contributed by atoms with Crippen molar-refractivity contribution in [3.05, 3.63) is 73.3 Å². The molecule has 0 unspecified atom stereocenters. The number of H-pyrrole nitrogens is 1. The van der Waals surface area contributed by atoms with E-state index >= 15 is 0 Å². The number of benzene rings is 1. The van der Waals surface area contributed by atoms with Crippen LogP contribution in [0.4, 0.5) is 5.95 Å². The number of aromatic nitrogens is 3. The van der Waals surface area contributed by atoms with Gasteiger partial charge in [-0.3, -0.25) is 9.78 Å². The second-order valence-electron chi connectivity index (χ2n) is 4.69. The highest BCUT2D eigenvalue weighted by Gasteiger charge is 2.06. The summed E-state index contributed by atoms with van der Waals surface area (Å²) in [4.78, 5) is 15.8. The smallest absolute Gasteiger partial charge is 0.274 e. The molecular formula is C15H13ClN4OS. The maximum atomic E-state index is 12.0. The Morgan fingerprint density at radius 1 is 1.18 bits per heavy atom. The third-order valence-corrected chi connectivity index (χ3v) is 4.19. The molecule has 112 valence electrons. The van der Waals surface area contributed by atoms with Crippen LogP contribution in [0.25, 0.3) is 0 Å². The van der Waals surface area contributed by atoms with Gasteiger partial charge in [-0.2, -0.15) is 0 Å². The second-order valence-corrected chi connectivity index (χ2v) is 6.15. The lowest BCUT2D eigenvalue weighted by Gasteiger charge is -2.05. The van der Waals surface area contributed by atoms with Crippen molar-refractivity contribution in [2.24, 2.45) is 0 Å². The summed E-state index contributed by atoms with van der Waals surface area (Å²) in [5.41, 5.74) is 1.23. The Morgan fingerprint density at radius 2 is 2.00 bits per heavy atom. The Hall–Kier alpha value is -2.18. The zero-order valence-electron chi connectivity index (χ0n) is 11.5. The molecule has 0 radical (unpaired) electrons. The van der Waals surface area contributed by atoms with E-state index in [-0.39, 0.29) is 5.56 Å². The third kappa shape index (κ3) is 3.72. The quantitative estimate of drug-likeness (QED) is 0.753. The molecule has 2 N–H and O–H groups in total. The monoisotopic (exact) mass is 332 g/mol. The predicted molar refractivity (Wildman–Crippen MR) is 88.6 cm³/mol. The van der Waals surface area contributed by atoms with E-state index in [1.165, 1.54) is 0 Å². The number of nitrogens with one attached hydrogen (secondary N) is 2.